The SMILES string of the molecule is C=C(C)C(C)(C)C(=O)N1CC(NS(=O)(=O)c2ccc(C)cc2)C1. The third-order valence-corrected chi connectivity index (χ3v) is 5.96. The highest BCUT2D eigenvalue weighted by atomic mass is 32.2. The predicted molar refractivity (Wildman–Crippen MR) is 90.5 cm³/mol. The van der Waals surface area contributed by atoms with E-state index in [0.29, 0.717) is 13.1 Å². The Kier molecular flexibility index (Phi) is 4.69. The molecular formula is C17H24N2O3S. The minimum Gasteiger partial charge on any atom is -0.339 e. The van der Waals surface area contributed by atoms with Gasteiger partial charge < -0.3 is 4.90 Å². The molecule has 0 aliphatic carbocycles. The van der Waals surface area contributed by atoms with Gasteiger partial charge in [-0.1, -0.05) is 29.8 Å². The molecule has 0 aromatic heterocycles. The zero-order valence-corrected chi connectivity index (χ0v) is 14.9. The maximum absolute atomic E-state index is 12.4. The Morgan fingerprint density at radius 1 is 1.26 bits per heavy atom. The zero-order valence-electron chi connectivity index (χ0n) is 14.1. The Balaban J connectivity index is 1.97. The molecule has 1 N–H and O–H groups in total. The van der Waals surface area contributed by atoms with E-state index < -0.39 is 15.4 Å². The highest BCUT2D eigenvalue weighted by molar-refractivity contribution is 7.89. The number of nitrogens with zero attached hydrogens (tertiary/aromatic N) is 1. The van der Waals surface area contributed by atoms with Crippen LogP contribution in [0.4, 0.5) is 0 Å². The van der Waals surface area contributed by atoms with Crippen LogP contribution in [0, 0.1) is 12.3 Å². The van der Waals surface area contributed by atoms with Crippen molar-refractivity contribution in [1.82, 2.24) is 9.62 Å². The molecule has 0 radical (unpaired) electrons. The molecule has 1 aromatic rings. The Labute approximate surface area is 138 Å². The lowest BCUT2D eigenvalue weighted by Crippen LogP contribution is -2.63. The van der Waals surface area contributed by atoms with Gasteiger partial charge in [-0.15, -0.1) is 0 Å². The normalized spacial score (nSPS) is 16.1. The van der Waals surface area contributed by atoms with Crippen LogP contribution in [0.15, 0.2) is 41.3 Å². The molecule has 0 saturated carbocycles. The Hall–Kier alpha value is -1.66. The van der Waals surface area contributed by atoms with Crippen molar-refractivity contribution in [3.63, 3.8) is 0 Å². The average Bonchev–Trinajstić information content (AvgIpc) is 2.42. The van der Waals surface area contributed by atoms with E-state index in [0.717, 1.165) is 11.1 Å². The molecule has 1 aliphatic rings. The van der Waals surface area contributed by atoms with Gasteiger partial charge in [0.05, 0.1) is 16.4 Å². The van der Waals surface area contributed by atoms with E-state index in [1.807, 2.05) is 27.7 Å². The van der Waals surface area contributed by atoms with Crippen LogP contribution in [0.5, 0.6) is 0 Å². The lowest BCUT2D eigenvalue weighted by atomic mass is 9.83. The van der Waals surface area contributed by atoms with Crippen molar-refractivity contribution < 1.29 is 13.2 Å². The van der Waals surface area contributed by atoms with Crippen LogP contribution < -0.4 is 4.72 Å². The van der Waals surface area contributed by atoms with Gasteiger partial charge in [-0.2, -0.15) is 0 Å². The van der Waals surface area contributed by atoms with Crippen molar-refractivity contribution in [2.75, 3.05) is 13.1 Å². The van der Waals surface area contributed by atoms with Gasteiger partial charge in [0.15, 0.2) is 0 Å². The molecule has 23 heavy (non-hydrogen) atoms. The van der Waals surface area contributed by atoms with Crippen LogP contribution in [0.2, 0.25) is 0 Å². The lowest BCUT2D eigenvalue weighted by Gasteiger charge is -2.43. The highest BCUT2D eigenvalue weighted by Crippen LogP contribution is 2.29. The van der Waals surface area contributed by atoms with Gasteiger partial charge in [0, 0.05) is 13.1 Å². The fourth-order valence-electron chi connectivity index (χ4n) is 2.30. The third kappa shape index (κ3) is 3.64. The van der Waals surface area contributed by atoms with E-state index in [2.05, 4.69) is 11.3 Å². The molecule has 126 valence electrons. The molecule has 1 aliphatic heterocycles. The van der Waals surface area contributed by atoms with E-state index in [1.54, 1.807) is 29.2 Å². The summed E-state index contributed by atoms with van der Waals surface area (Å²) in [7, 11) is -3.54. The number of sulfonamides is 1. The van der Waals surface area contributed by atoms with Crippen LogP contribution in [-0.4, -0.2) is 38.4 Å². The monoisotopic (exact) mass is 336 g/mol. The molecule has 5 nitrogen and oxygen atoms in total. The van der Waals surface area contributed by atoms with Crippen molar-refractivity contribution in [3.8, 4) is 0 Å². The number of likely N-dealkylation sites (tertiary alicyclic amines) is 1. The number of benzene rings is 1. The summed E-state index contributed by atoms with van der Waals surface area (Å²) in [5.74, 6) is -0.0178. The molecule has 0 atom stereocenters. The molecule has 0 spiro atoms. The molecule has 1 aromatic carbocycles. The number of amides is 1. The lowest BCUT2D eigenvalue weighted by molar-refractivity contribution is -0.143. The summed E-state index contributed by atoms with van der Waals surface area (Å²) in [5.41, 5.74) is 1.18. The largest absolute Gasteiger partial charge is 0.339 e. The topological polar surface area (TPSA) is 66.5 Å². The third-order valence-electron chi connectivity index (χ3n) is 4.42. The first kappa shape index (κ1) is 17.7. The number of hydrogen-bond acceptors (Lipinski definition) is 3. The number of carbonyl (C=O) groups excluding carboxylic acids is 1. The maximum atomic E-state index is 12.4. The molecule has 1 fully saturated rings. The molecule has 0 bridgehead atoms. The van der Waals surface area contributed by atoms with Crippen LogP contribution in [0.25, 0.3) is 0 Å². The first-order chi connectivity index (χ1) is 10.5. The van der Waals surface area contributed by atoms with E-state index in [1.165, 1.54) is 0 Å². The van der Waals surface area contributed by atoms with Crippen molar-refractivity contribution in [1.29, 1.82) is 0 Å². The molecule has 2 rings (SSSR count). The van der Waals surface area contributed by atoms with Gasteiger partial charge in [0.25, 0.3) is 0 Å². The smallest absolute Gasteiger partial charge is 0.240 e. The van der Waals surface area contributed by atoms with Gasteiger partial charge in [-0.05, 0) is 39.8 Å². The first-order valence-electron chi connectivity index (χ1n) is 7.58. The molecule has 6 heteroatoms. The highest BCUT2D eigenvalue weighted by Gasteiger charge is 2.40. The van der Waals surface area contributed by atoms with Gasteiger partial charge in [-0.25, -0.2) is 13.1 Å². The van der Waals surface area contributed by atoms with Crippen molar-refractivity contribution >= 4 is 15.9 Å². The van der Waals surface area contributed by atoms with Crippen LogP contribution in [-0.2, 0) is 14.8 Å². The van der Waals surface area contributed by atoms with Crippen molar-refractivity contribution in [2.45, 2.75) is 38.6 Å². The predicted octanol–water partition coefficient (Wildman–Crippen LogP) is 2.09. The summed E-state index contributed by atoms with van der Waals surface area (Å²) in [6.07, 6.45) is 0. The Morgan fingerprint density at radius 3 is 2.26 bits per heavy atom. The number of hydrogen-bond donors (Lipinski definition) is 1. The Morgan fingerprint density at radius 2 is 1.78 bits per heavy atom. The second-order valence-electron chi connectivity index (χ2n) is 6.75. The van der Waals surface area contributed by atoms with Crippen molar-refractivity contribution in [2.24, 2.45) is 5.41 Å². The zero-order chi connectivity index (χ0) is 17.4. The molecular weight excluding hydrogens is 312 g/mol. The average molecular weight is 336 g/mol. The second kappa shape index (κ2) is 6.09. The quantitative estimate of drug-likeness (QED) is 0.837. The number of rotatable bonds is 5. The molecule has 0 unspecified atom stereocenters. The summed E-state index contributed by atoms with van der Waals surface area (Å²) in [5, 5.41) is 0. The fourth-order valence-corrected chi connectivity index (χ4v) is 3.52. The second-order valence-corrected chi connectivity index (χ2v) is 8.46. The summed E-state index contributed by atoms with van der Waals surface area (Å²) in [6, 6.07) is 6.46. The summed E-state index contributed by atoms with van der Waals surface area (Å²) in [4.78, 5) is 14.3. The fraction of sp³-hybridized carbons (Fsp3) is 0.471. The minimum absolute atomic E-state index is 0.0178. The van der Waals surface area contributed by atoms with Gasteiger partial charge >= 0.3 is 0 Å². The number of nitrogens with one attached hydrogen (secondary N) is 1. The van der Waals surface area contributed by atoms with Crippen molar-refractivity contribution in [3.05, 3.63) is 42.0 Å². The van der Waals surface area contributed by atoms with Gasteiger partial charge in [0.1, 0.15) is 0 Å². The van der Waals surface area contributed by atoms with Crippen LogP contribution in [0.1, 0.15) is 26.3 Å². The molecule has 1 saturated heterocycles. The van der Waals surface area contributed by atoms with E-state index >= 15 is 0 Å². The molecule has 1 heterocycles. The van der Waals surface area contributed by atoms with E-state index in [4.69, 9.17) is 0 Å². The van der Waals surface area contributed by atoms with Crippen LogP contribution >= 0.6 is 0 Å². The summed E-state index contributed by atoms with van der Waals surface area (Å²) < 4.78 is 27.2. The number of carbonyl (C=O) groups is 1. The van der Waals surface area contributed by atoms with E-state index in [-0.39, 0.29) is 16.8 Å². The summed E-state index contributed by atoms with van der Waals surface area (Å²) >= 11 is 0. The van der Waals surface area contributed by atoms with Crippen LogP contribution in [0.3, 0.4) is 0 Å². The Bertz CT molecular complexity index is 715. The van der Waals surface area contributed by atoms with Gasteiger partial charge in [-0.3, -0.25) is 4.79 Å². The maximum Gasteiger partial charge on any atom is 0.240 e. The molecule has 1 amide bonds. The minimum atomic E-state index is -3.54. The van der Waals surface area contributed by atoms with E-state index in [9.17, 15) is 13.2 Å². The first-order valence-corrected chi connectivity index (χ1v) is 9.07. The number of aryl methyl sites for hydroxylation is 1. The summed E-state index contributed by atoms with van der Waals surface area (Å²) in [6.45, 7) is 12.0. The standard InChI is InChI=1S/C17H24N2O3S/c1-12(2)17(4,5)16(20)19-10-14(11-19)18-23(21,22)15-8-6-13(3)7-9-15/h6-9,14,18H,1,10-11H2,2-5H3. The van der Waals surface area contributed by atoms with Gasteiger partial charge in [0.2, 0.25) is 15.9 Å².